The lowest BCUT2D eigenvalue weighted by atomic mass is 9.83. The fourth-order valence-corrected chi connectivity index (χ4v) is 2.40. The van der Waals surface area contributed by atoms with Gasteiger partial charge in [0.05, 0.1) is 6.04 Å². The Morgan fingerprint density at radius 2 is 2.00 bits per heavy atom. The minimum atomic E-state index is -0.464. The molecule has 0 radical (unpaired) electrons. The van der Waals surface area contributed by atoms with Gasteiger partial charge in [-0.2, -0.15) is 0 Å². The molecular weight excluding hydrogens is 240 g/mol. The summed E-state index contributed by atoms with van der Waals surface area (Å²) in [7, 11) is 0. The molecule has 19 heavy (non-hydrogen) atoms. The first kappa shape index (κ1) is 13.9. The van der Waals surface area contributed by atoms with Gasteiger partial charge in [-0.05, 0) is 26.3 Å². The number of hydrogen-bond acceptors (Lipinski definition) is 3. The zero-order valence-corrected chi connectivity index (χ0v) is 11.8. The van der Waals surface area contributed by atoms with E-state index in [1.165, 1.54) is 5.56 Å². The molecule has 1 aromatic rings. The van der Waals surface area contributed by atoms with Crippen LogP contribution >= 0.6 is 0 Å². The fraction of sp³-hybridized carbons (Fsp3) is 0.533. The largest absolute Gasteiger partial charge is 0.444 e. The summed E-state index contributed by atoms with van der Waals surface area (Å²) in [4.78, 5) is 13.8. The van der Waals surface area contributed by atoms with Crippen molar-refractivity contribution in [3.8, 4) is 0 Å². The monoisotopic (exact) mass is 262 g/mol. The highest BCUT2D eigenvalue weighted by molar-refractivity contribution is 5.70. The van der Waals surface area contributed by atoms with E-state index in [1.807, 2.05) is 39.0 Å². The summed E-state index contributed by atoms with van der Waals surface area (Å²) in [6.45, 7) is 6.75. The minimum Gasteiger partial charge on any atom is -0.444 e. The first-order chi connectivity index (χ1) is 8.92. The molecule has 2 N–H and O–H groups in total. The molecule has 1 aliphatic heterocycles. The summed E-state index contributed by atoms with van der Waals surface area (Å²) < 4.78 is 5.39. The van der Waals surface area contributed by atoms with E-state index in [9.17, 15) is 4.79 Å². The number of benzene rings is 1. The molecule has 2 atom stereocenters. The smallest absolute Gasteiger partial charge is 0.410 e. The second kappa shape index (κ2) is 5.21. The number of nitrogens with two attached hydrogens (primary N) is 1. The van der Waals surface area contributed by atoms with Crippen molar-refractivity contribution >= 4 is 6.09 Å². The molecule has 104 valence electrons. The molecule has 1 saturated heterocycles. The SMILES string of the molecule is CC(C)(C)OC(=O)N1C[C@H](c2ccccc2)[C@H]1CN. The molecule has 0 spiro atoms. The zero-order chi connectivity index (χ0) is 14.0. The first-order valence-corrected chi connectivity index (χ1v) is 6.67. The Kier molecular flexibility index (Phi) is 3.80. The molecule has 1 aromatic carbocycles. The Morgan fingerprint density at radius 1 is 1.37 bits per heavy atom. The van der Waals surface area contributed by atoms with Crippen molar-refractivity contribution in [3.05, 3.63) is 35.9 Å². The molecule has 0 aromatic heterocycles. The summed E-state index contributed by atoms with van der Waals surface area (Å²) in [5.74, 6) is 0.318. The highest BCUT2D eigenvalue weighted by Gasteiger charge is 2.43. The molecule has 0 unspecified atom stereocenters. The molecule has 1 amide bonds. The molecule has 4 heteroatoms. The fourth-order valence-electron chi connectivity index (χ4n) is 2.40. The van der Waals surface area contributed by atoms with Crippen molar-refractivity contribution in [1.29, 1.82) is 0 Å². The topological polar surface area (TPSA) is 55.6 Å². The van der Waals surface area contributed by atoms with Gasteiger partial charge in [0.15, 0.2) is 0 Å². The van der Waals surface area contributed by atoms with Crippen molar-refractivity contribution in [2.24, 2.45) is 5.73 Å². The standard InChI is InChI=1S/C15H22N2O2/c1-15(2,3)19-14(18)17-10-12(13(17)9-16)11-7-5-4-6-8-11/h4-8,12-13H,9-10,16H2,1-3H3/t12-,13-/m1/s1. The van der Waals surface area contributed by atoms with E-state index in [-0.39, 0.29) is 12.1 Å². The average molecular weight is 262 g/mol. The van der Waals surface area contributed by atoms with Crippen molar-refractivity contribution < 1.29 is 9.53 Å². The quantitative estimate of drug-likeness (QED) is 0.890. The van der Waals surface area contributed by atoms with Crippen LogP contribution in [0.1, 0.15) is 32.3 Å². The predicted molar refractivity (Wildman–Crippen MR) is 75.0 cm³/mol. The molecule has 4 nitrogen and oxygen atoms in total. The Hall–Kier alpha value is -1.55. The van der Waals surface area contributed by atoms with Crippen LogP contribution < -0.4 is 5.73 Å². The minimum absolute atomic E-state index is 0.0391. The number of hydrogen-bond donors (Lipinski definition) is 1. The maximum Gasteiger partial charge on any atom is 0.410 e. The van der Waals surface area contributed by atoms with E-state index >= 15 is 0 Å². The summed E-state index contributed by atoms with van der Waals surface area (Å²) in [5, 5.41) is 0. The zero-order valence-electron chi connectivity index (χ0n) is 11.8. The maximum atomic E-state index is 12.0. The van der Waals surface area contributed by atoms with Gasteiger partial charge in [-0.15, -0.1) is 0 Å². The lowest BCUT2D eigenvalue weighted by molar-refractivity contribution is -0.0118. The van der Waals surface area contributed by atoms with Crippen LogP contribution in [0, 0.1) is 0 Å². The highest BCUT2D eigenvalue weighted by Crippen LogP contribution is 2.34. The number of carbonyl (C=O) groups is 1. The van der Waals surface area contributed by atoms with Gasteiger partial charge < -0.3 is 15.4 Å². The van der Waals surface area contributed by atoms with Crippen LogP contribution in [-0.4, -0.2) is 35.7 Å². The van der Waals surface area contributed by atoms with E-state index in [2.05, 4.69) is 12.1 Å². The number of ether oxygens (including phenoxy) is 1. The number of amides is 1. The first-order valence-electron chi connectivity index (χ1n) is 6.67. The Balaban J connectivity index is 2.02. The van der Waals surface area contributed by atoms with Gasteiger partial charge in [-0.25, -0.2) is 4.79 Å². The Bertz CT molecular complexity index is 439. The third kappa shape index (κ3) is 3.07. The average Bonchev–Trinajstić information content (AvgIpc) is 2.27. The molecule has 0 aliphatic carbocycles. The van der Waals surface area contributed by atoms with Crippen LogP contribution in [0.25, 0.3) is 0 Å². The lowest BCUT2D eigenvalue weighted by Crippen LogP contribution is -2.60. The summed E-state index contributed by atoms with van der Waals surface area (Å²) >= 11 is 0. The van der Waals surface area contributed by atoms with E-state index in [0.717, 1.165) is 0 Å². The van der Waals surface area contributed by atoms with Gasteiger partial charge in [-0.3, -0.25) is 0 Å². The van der Waals surface area contributed by atoms with E-state index in [0.29, 0.717) is 19.0 Å². The molecular formula is C15H22N2O2. The van der Waals surface area contributed by atoms with E-state index in [4.69, 9.17) is 10.5 Å². The van der Waals surface area contributed by atoms with Crippen LogP contribution in [0.4, 0.5) is 4.79 Å². The lowest BCUT2D eigenvalue weighted by Gasteiger charge is -2.47. The summed E-state index contributed by atoms with van der Waals surface area (Å²) in [5.41, 5.74) is 6.57. The molecule has 0 bridgehead atoms. The van der Waals surface area contributed by atoms with Crippen molar-refractivity contribution in [2.75, 3.05) is 13.1 Å². The third-order valence-corrected chi connectivity index (χ3v) is 3.36. The van der Waals surface area contributed by atoms with Crippen molar-refractivity contribution in [3.63, 3.8) is 0 Å². The van der Waals surface area contributed by atoms with E-state index in [1.54, 1.807) is 4.90 Å². The number of likely N-dealkylation sites (tertiary alicyclic amines) is 1. The van der Waals surface area contributed by atoms with Gasteiger partial charge in [0.2, 0.25) is 0 Å². The van der Waals surface area contributed by atoms with Gasteiger partial charge in [0.1, 0.15) is 5.60 Å². The molecule has 1 heterocycles. The molecule has 1 aliphatic rings. The number of rotatable bonds is 2. The molecule has 2 rings (SSSR count). The predicted octanol–water partition coefficient (Wildman–Crippen LogP) is 2.35. The Labute approximate surface area is 114 Å². The van der Waals surface area contributed by atoms with Crippen molar-refractivity contribution in [2.45, 2.75) is 38.3 Å². The second-order valence-corrected chi connectivity index (χ2v) is 5.95. The normalized spacial score (nSPS) is 22.8. The van der Waals surface area contributed by atoms with Gasteiger partial charge >= 0.3 is 6.09 Å². The Morgan fingerprint density at radius 3 is 2.53 bits per heavy atom. The van der Waals surface area contributed by atoms with Crippen LogP contribution in [0.5, 0.6) is 0 Å². The van der Waals surface area contributed by atoms with Crippen LogP contribution in [0.15, 0.2) is 30.3 Å². The van der Waals surface area contributed by atoms with Gasteiger partial charge in [-0.1, -0.05) is 30.3 Å². The number of carbonyl (C=O) groups excluding carboxylic acids is 1. The number of nitrogens with zero attached hydrogens (tertiary/aromatic N) is 1. The second-order valence-electron chi connectivity index (χ2n) is 5.95. The van der Waals surface area contributed by atoms with Crippen LogP contribution in [0.2, 0.25) is 0 Å². The highest BCUT2D eigenvalue weighted by atomic mass is 16.6. The van der Waals surface area contributed by atoms with Crippen molar-refractivity contribution in [1.82, 2.24) is 4.90 Å². The summed E-state index contributed by atoms with van der Waals surface area (Å²) in [6.07, 6.45) is -0.268. The molecule has 1 fully saturated rings. The van der Waals surface area contributed by atoms with Crippen LogP contribution in [-0.2, 0) is 4.74 Å². The maximum absolute atomic E-state index is 12.0. The molecule has 0 saturated carbocycles. The van der Waals surface area contributed by atoms with Gasteiger partial charge in [0, 0.05) is 19.0 Å². The van der Waals surface area contributed by atoms with Crippen LogP contribution in [0.3, 0.4) is 0 Å². The van der Waals surface area contributed by atoms with E-state index < -0.39 is 5.60 Å². The summed E-state index contributed by atoms with van der Waals surface area (Å²) in [6, 6.07) is 10.2. The third-order valence-electron chi connectivity index (χ3n) is 3.36. The van der Waals surface area contributed by atoms with Gasteiger partial charge in [0.25, 0.3) is 0 Å².